The monoisotopic (exact) mass is 286 g/mol. The highest BCUT2D eigenvalue weighted by Crippen LogP contribution is 2.15. The van der Waals surface area contributed by atoms with E-state index >= 15 is 0 Å². The van der Waals surface area contributed by atoms with Gasteiger partial charge >= 0.3 is 0 Å². The quantitative estimate of drug-likeness (QED) is 0.676. The van der Waals surface area contributed by atoms with E-state index in [0.29, 0.717) is 5.56 Å². The van der Waals surface area contributed by atoms with E-state index in [9.17, 15) is 4.79 Å². The lowest BCUT2D eigenvalue weighted by molar-refractivity contribution is 0.0955. The Labute approximate surface area is 123 Å². The van der Waals surface area contributed by atoms with Crippen LogP contribution in [0.25, 0.3) is 0 Å². The van der Waals surface area contributed by atoms with Crippen molar-refractivity contribution in [3.05, 3.63) is 56.8 Å². The van der Waals surface area contributed by atoms with Crippen LogP contribution in [0.5, 0.6) is 0 Å². The Morgan fingerprint density at radius 1 is 1.10 bits per heavy atom. The number of hydrogen-bond donors (Lipinski definition) is 1. The fourth-order valence-electron chi connectivity index (χ4n) is 1.77. The number of nitrogens with one attached hydrogen (secondary N) is 1. The van der Waals surface area contributed by atoms with Crippen molar-refractivity contribution in [3.63, 3.8) is 0 Å². The smallest absolute Gasteiger partial charge is 0.267 e. The van der Waals surface area contributed by atoms with Crippen LogP contribution in [-0.4, -0.2) is 11.6 Å². The number of carbonyl (C=O) groups is 1. The van der Waals surface area contributed by atoms with Gasteiger partial charge in [-0.05, 0) is 63.1 Å². The van der Waals surface area contributed by atoms with Gasteiger partial charge in [0.15, 0.2) is 0 Å². The zero-order valence-electron chi connectivity index (χ0n) is 12.2. The average Bonchev–Trinajstić information content (AvgIpc) is 2.85. The summed E-state index contributed by atoms with van der Waals surface area (Å²) in [6, 6.07) is 9.71. The van der Waals surface area contributed by atoms with Crippen LogP contribution in [0, 0.1) is 20.8 Å². The summed E-state index contributed by atoms with van der Waals surface area (Å²) in [5.41, 5.74) is 6.34. The number of amides is 1. The number of rotatable bonds is 3. The van der Waals surface area contributed by atoms with E-state index in [2.05, 4.69) is 17.5 Å². The van der Waals surface area contributed by atoms with Crippen molar-refractivity contribution >= 4 is 23.0 Å². The molecule has 3 nitrogen and oxygen atoms in total. The molecule has 1 heterocycles. The summed E-state index contributed by atoms with van der Waals surface area (Å²) in [5, 5.41) is 4.16. The average molecular weight is 286 g/mol. The predicted molar refractivity (Wildman–Crippen MR) is 84.6 cm³/mol. The molecule has 1 aromatic heterocycles. The molecule has 0 aliphatic carbocycles. The van der Waals surface area contributed by atoms with E-state index in [-0.39, 0.29) is 5.91 Å². The van der Waals surface area contributed by atoms with Crippen LogP contribution in [-0.2, 0) is 0 Å². The largest absolute Gasteiger partial charge is 0.271 e. The van der Waals surface area contributed by atoms with Crippen molar-refractivity contribution in [1.29, 1.82) is 0 Å². The van der Waals surface area contributed by atoms with E-state index in [1.54, 1.807) is 11.3 Å². The summed E-state index contributed by atoms with van der Waals surface area (Å²) in [5.74, 6) is -0.180. The van der Waals surface area contributed by atoms with Crippen LogP contribution in [0.4, 0.5) is 0 Å². The third kappa shape index (κ3) is 3.33. The lowest BCUT2D eigenvalue weighted by Gasteiger charge is -2.04. The van der Waals surface area contributed by atoms with E-state index in [4.69, 9.17) is 0 Å². The molecule has 1 amide bonds. The Balaban J connectivity index is 2.09. The molecule has 0 aliphatic rings. The molecule has 1 aromatic carbocycles. The number of hydrazone groups is 1. The molecule has 0 saturated heterocycles. The van der Waals surface area contributed by atoms with E-state index in [1.165, 1.54) is 10.4 Å². The lowest BCUT2D eigenvalue weighted by atomic mass is 10.1. The fourth-order valence-corrected chi connectivity index (χ4v) is 2.58. The maximum Gasteiger partial charge on any atom is 0.271 e. The number of carbonyl (C=O) groups excluding carboxylic acids is 1. The van der Waals surface area contributed by atoms with Crippen molar-refractivity contribution in [1.82, 2.24) is 5.43 Å². The van der Waals surface area contributed by atoms with Gasteiger partial charge < -0.3 is 0 Å². The Hall–Kier alpha value is -1.94. The third-order valence-corrected chi connectivity index (χ3v) is 4.30. The standard InChI is InChI=1S/C16H18N2OS/c1-10-5-7-14(9-11(10)2)16(19)18-17-13(4)15-8-6-12(3)20-15/h5-9H,1-4H3,(H,18,19). The van der Waals surface area contributed by atoms with Gasteiger partial charge in [-0.1, -0.05) is 6.07 Å². The summed E-state index contributed by atoms with van der Waals surface area (Å²) in [7, 11) is 0. The number of aryl methyl sites for hydroxylation is 3. The molecule has 20 heavy (non-hydrogen) atoms. The molecule has 2 aromatic rings. The van der Waals surface area contributed by atoms with Crippen LogP contribution in [0.3, 0.4) is 0 Å². The molecule has 0 fully saturated rings. The molecule has 0 saturated carbocycles. The second-order valence-electron chi connectivity index (χ2n) is 4.85. The van der Waals surface area contributed by atoms with Crippen LogP contribution in [0.2, 0.25) is 0 Å². The van der Waals surface area contributed by atoms with Gasteiger partial charge in [0.1, 0.15) is 0 Å². The topological polar surface area (TPSA) is 41.5 Å². The molecule has 2 rings (SSSR count). The van der Waals surface area contributed by atoms with Crippen LogP contribution in [0.1, 0.15) is 38.2 Å². The highest BCUT2D eigenvalue weighted by atomic mass is 32.1. The maximum absolute atomic E-state index is 12.0. The van der Waals surface area contributed by atoms with E-state index in [1.807, 2.05) is 51.1 Å². The third-order valence-electron chi connectivity index (χ3n) is 3.19. The number of thiophene rings is 1. The molecule has 0 unspecified atom stereocenters. The van der Waals surface area contributed by atoms with Crippen LogP contribution < -0.4 is 5.43 Å². The second kappa shape index (κ2) is 6.01. The van der Waals surface area contributed by atoms with Crippen molar-refractivity contribution in [2.45, 2.75) is 27.7 Å². The van der Waals surface area contributed by atoms with Gasteiger partial charge in [-0.15, -0.1) is 11.3 Å². The molecule has 4 heteroatoms. The van der Waals surface area contributed by atoms with Crippen molar-refractivity contribution in [3.8, 4) is 0 Å². The fraction of sp³-hybridized carbons (Fsp3) is 0.250. The van der Waals surface area contributed by atoms with Gasteiger partial charge in [0.25, 0.3) is 5.91 Å². The molecule has 0 radical (unpaired) electrons. The van der Waals surface area contributed by atoms with Crippen molar-refractivity contribution in [2.24, 2.45) is 5.10 Å². The van der Waals surface area contributed by atoms with Gasteiger partial charge in [0.2, 0.25) is 0 Å². The summed E-state index contributed by atoms with van der Waals surface area (Å²) >= 11 is 1.67. The first-order chi connectivity index (χ1) is 9.47. The highest BCUT2D eigenvalue weighted by Gasteiger charge is 2.06. The minimum absolute atomic E-state index is 0.180. The first kappa shape index (κ1) is 14.5. The minimum atomic E-state index is -0.180. The lowest BCUT2D eigenvalue weighted by Crippen LogP contribution is -2.19. The number of benzene rings is 1. The number of hydrogen-bond acceptors (Lipinski definition) is 3. The first-order valence-corrected chi connectivity index (χ1v) is 7.27. The normalized spacial score (nSPS) is 11.5. The summed E-state index contributed by atoms with van der Waals surface area (Å²) in [6.45, 7) is 7.97. The molecule has 0 bridgehead atoms. The Kier molecular flexibility index (Phi) is 4.35. The highest BCUT2D eigenvalue weighted by molar-refractivity contribution is 7.14. The minimum Gasteiger partial charge on any atom is -0.267 e. The van der Waals surface area contributed by atoms with Crippen molar-refractivity contribution in [2.75, 3.05) is 0 Å². The molecule has 0 spiro atoms. The summed E-state index contributed by atoms with van der Waals surface area (Å²) in [4.78, 5) is 14.3. The van der Waals surface area contributed by atoms with Gasteiger partial charge in [-0.2, -0.15) is 5.10 Å². The molecule has 104 valence electrons. The predicted octanol–water partition coefficient (Wildman–Crippen LogP) is 3.83. The zero-order chi connectivity index (χ0) is 14.7. The first-order valence-electron chi connectivity index (χ1n) is 6.46. The van der Waals surface area contributed by atoms with Crippen LogP contribution >= 0.6 is 11.3 Å². The van der Waals surface area contributed by atoms with Crippen LogP contribution in [0.15, 0.2) is 35.4 Å². The van der Waals surface area contributed by atoms with Gasteiger partial charge in [-0.3, -0.25) is 4.79 Å². The zero-order valence-corrected chi connectivity index (χ0v) is 13.0. The van der Waals surface area contributed by atoms with Gasteiger partial charge in [0.05, 0.1) is 10.6 Å². The summed E-state index contributed by atoms with van der Waals surface area (Å²) < 4.78 is 0. The van der Waals surface area contributed by atoms with E-state index < -0.39 is 0 Å². The maximum atomic E-state index is 12.0. The van der Waals surface area contributed by atoms with Gasteiger partial charge in [0, 0.05) is 10.4 Å². The Bertz CT molecular complexity index is 671. The summed E-state index contributed by atoms with van der Waals surface area (Å²) in [6.07, 6.45) is 0. The van der Waals surface area contributed by atoms with Gasteiger partial charge in [-0.25, -0.2) is 5.43 Å². The Morgan fingerprint density at radius 3 is 2.45 bits per heavy atom. The van der Waals surface area contributed by atoms with E-state index in [0.717, 1.165) is 16.2 Å². The Morgan fingerprint density at radius 2 is 1.85 bits per heavy atom. The molecular weight excluding hydrogens is 268 g/mol. The SMILES string of the molecule is CC(=NNC(=O)c1ccc(C)c(C)c1)c1ccc(C)s1. The molecule has 1 N–H and O–H groups in total. The molecular formula is C16H18N2OS. The molecule has 0 atom stereocenters. The molecule has 0 aliphatic heterocycles. The van der Waals surface area contributed by atoms with Crippen molar-refractivity contribution < 1.29 is 4.79 Å². The second-order valence-corrected chi connectivity index (χ2v) is 6.14. The number of nitrogens with zero attached hydrogens (tertiary/aromatic N) is 1.